The van der Waals surface area contributed by atoms with Crippen molar-refractivity contribution < 1.29 is 18.3 Å². The van der Waals surface area contributed by atoms with E-state index in [9.17, 15) is 13.6 Å². The smallest absolute Gasteiger partial charge is 0.217 e. The first-order chi connectivity index (χ1) is 12.5. The van der Waals surface area contributed by atoms with Crippen LogP contribution in [0.2, 0.25) is 0 Å². The van der Waals surface area contributed by atoms with Gasteiger partial charge in [-0.2, -0.15) is 0 Å². The van der Waals surface area contributed by atoms with E-state index in [0.717, 1.165) is 11.6 Å². The SMILES string of the molecule is COc1cccc(C(NC(C)=O)c2nc(-c3cc(F)cc(F)c3)cs2)c1. The van der Waals surface area contributed by atoms with Crippen molar-refractivity contribution in [2.75, 3.05) is 7.11 Å². The first-order valence-electron chi connectivity index (χ1n) is 7.79. The third-order valence-corrected chi connectivity index (χ3v) is 4.61. The third-order valence-electron chi connectivity index (χ3n) is 3.70. The van der Waals surface area contributed by atoms with E-state index in [-0.39, 0.29) is 5.91 Å². The van der Waals surface area contributed by atoms with Crippen molar-refractivity contribution in [2.45, 2.75) is 13.0 Å². The van der Waals surface area contributed by atoms with E-state index in [0.29, 0.717) is 22.0 Å². The molecule has 1 heterocycles. The molecule has 3 rings (SSSR count). The molecule has 7 heteroatoms. The lowest BCUT2D eigenvalue weighted by molar-refractivity contribution is -0.119. The van der Waals surface area contributed by atoms with Gasteiger partial charge in [-0.15, -0.1) is 11.3 Å². The lowest BCUT2D eigenvalue weighted by atomic mass is 10.1. The zero-order valence-corrected chi connectivity index (χ0v) is 14.9. The molecule has 3 aromatic rings. The first-order valence-corrected chi connectivity index (χ1v) is 8.67. The lowest BCUT2D eigenvalue weighted by Gasteiger charge is -2.16. The molecule has 2 aromatic carbocycles. The number of hydrogen-bond acceptors (Lipinski definition) is 4. The molecule has 1 N–H and O–H groups in total. The second kappa shape index (κ2) is 7.61. The first kappa shape index (κ1) is 18.0. The van der Waals surface area contributed by atoms with Gasteiger partial charge in [-0.25, -0.2) is 13.8 Å². The number of thiazole rings is 1. The van der Waals surface area contributed by atoms with Gasteiger partial charge in [0.2, 0.25) is 5.91 Å². The Hall–Kier alpha value is -2.80. The highest BCUT2D eigenvalue weighted by molar-refractivity contribution is 7.10. The topological polar surface area (TPSA) is 51.2 Å². The molecule has 0 aliphatic rings. The molecule has 1 aromatic heterocycles. The molecular weight excluding hydrogens is 358 g/mol. The molecule has 0 radical (unpaired) electrons. The summed E-state index contributed by atoms with van der Waals surface area (Å²) in [4.78, 5) is 16.1. The van der Waals surface area contributed by atoms with E-state index in [1.807, 2.05) is 18.2 Å². The largest absolute Gasteiger partial charge is 0.497 e. The zero-order valence-electron chi connectivity index (χ0n) is 14.1. The standard InChI is InChI=1S/C19H16F2N2O2S/c1-11(24)22-18(12-4-3-5-16(8-12)25-2)19-23-17(10-26-19)13-6-14(20)9-15(21)7-13/h3-10,18H,1-2H3,(H,22,24). The summed E-state index contributed by atoms with van der Waals surface area (Å²) in [7, 11) is 1.56. The summed E-state index contributed by atoms with van der Waals surface area (Å²) in [5.41, 5.74) is 1.59. The van der Waals surface area contributed by atoms with Gasteiger partial charge < -0.3 is 10.1 Å². The summed E-state index contributed by atoms with van der Waals surface area (Å²) < 4.78 is 32.2. The normalized spacial score (nSPS) is 11.8. The third kappa shape index (κ3) is 4.05. The van der Waals surface area contributed by atoms with Crippen LogP contribution in [0.15, 0.2) is 47.8 Å². The van der Waals surface area contributed by atoms with Gasteiger partial charge in [0.15, 0.2) is 0 Å². The minimum absolute atomic E-state index is 0.216. The van der Waals surface area contributed by atoms with Crippen LogP contribution in [0.25, 0.3) is 11.3 Å². The van der Waals surface area contributed by atoms with Gasteiger partial charge in [-0.3, -0.25) is 4.79 Å². The van der Waals surface area contributed by atoms with Crippen molar-refractivity contribution in [1.29, 1.82) is 0 Å². The second-order valence-corrected chi connectivity index (χ2v) is 6.53. The molecule has 0 aliphatic heterocycles. The van der Waals surface area contributed by atoms with Crippen LogP contribution in [0.3, 0.4) is 0 Å². The van der Waals surface area contributed by atoms with Crippen molar-refractivity contribution in [2.24, 2.45) is 0 Å². The average Bonchev–Trinajstić information content (AvgIpc) is 3.08. The Morgan fingerprint density at radius 2 is 1.92 bits per heavy atom. The van der Waals surface area contributed by atoms with Gasteiger partial charge in [0, 0.05) is 23.9 Å². The number of nitrogens with one attached hydrogen (secondary N) is 1. The highest BCUT2D eigenvalue weighted by atomic mass is 32.1. The van der Waals surface area contributed by atoms with Gasteiger partial charge in [-0.1, -0.05) is 12.1 Å². The minimum Gasteiger partial charge on any atom is -0.497 e. The van der Waals surface area contributed by atoms with Crippen molar-refractivity contribution in [3.63, 3.8) is 0 Å². The molecule has 26 heavy (non-hydrogen) atoms. The van der Waals surface area contributed by atoms with Gasteiger partial charge in [0.05, 0.1) is 12.8 Å². The predicted octanol–water partition coefficient (Wildman–Crippen LogP) is 4.32. The molecule has 0 saturated carbocycles. The number of hydrogen-bond donors (Lipinski definition) is 1. The molecule has 134 valence electrons. The van der Waals surface area contributed by atoms with E-state index in [2.05, 4.69) is 10.3 Å². The maximum atomic E-state index is 13.5. The maximum absolute atomic E-state index is 13.5. The summed E-state index contributed by atoms with van der Waals surface area (Å²) in [6, 6.07) is 10.1. The van der Waals surface area contributed by atoms with Crippen LogP contribution in [0.4, 0.5) is 8.78 Å². The quantitative estimate of drug-likeness (QED) is 0.724. The Balaban J connectivity index is 2.00. The molecule has 0 bridgehead atoms. The molecule has 1 atom stereocenters. The number of halogens is 2. The number of ether oxygens (including phenoxy) is 1. The summed E-state index contributed by atoms with van der Waals surface area (Å²) in [6.45, 7) is 1.42. The zero-order chi connectivity index (χ0) is 18.7. The van der Waals surface area contributed by atoms with E-state index < -0.39 is 17.7 Å². The summed E-state index contributed by atoms with van der Waals surface area (Å²) in [5.74, 6) is -0.894. The van der Waals surface area contributed by atoms with Crippen LogP contribution >= 0.6 is 11.3 Å². The second-order valence-electron chi connectivity index (χ2n) is 5.64. The number of nitrogens with zero attached hydrogens (tertiary/aromatic N) is 1. The molecule has 0 aliphatic carbocycles. The number of carbonyl (C=O) groups is 1. The number of methoxy groups -OCH3 is 1. The number of aromatic nitrogens is 1. The number of carbonyl (C=O) groups excluding carboxylic acids is 1. The van der Waals surface area contributed by atoms with Crippen LogP contribution in [-0.4, -0.2) is 18.0 Å². The molecule has 4 nitrogen and oxygen atoms in total. The minimum atomic E-state index is -0.666. The molecule has 1 unspecified atom stereocenters. The maximum Gasteiger partial charge on any atom is 0.217 e. The van der Waals surface area contributed by atoms with Crippen LogP contribution in [-0.2, 0) is 4.79 Å². The lowest BCUT2D eigenvalue weighted by Crippen LogP contribution is -2.26. The van der Waals surface area contributed by atoms with Crippen LogP contribution in [0.1, 0.15) is 23.5 Å². The van der Waals surface area contributed by atoms with Crippen molar-refractivity contribution >= 4 is 17.2 Å². The Kier molecular flexibility index (Phi) is 5.27. The van der Waals surface area contributed by atoms with Crippen LogP contribution < -0.4 is 10.1 Å². The average molecular weight is 374 g/mol. The van der Waals surface area contributed by atoms with Crippen LogP contribution in [0, 0.1) is 11.6 Å². The van der Waals surface area contributed by atoms with Crippen molar-refractivity contribution in [3.05, 3.63) is 70.1 Å². The monoisotopic (exact) mass is 374 g/mol. The van der Waals surface area contributed by atoms with Crippen molar-refractivity contribution in [3.8, 4) is 17.0 Å². The fraction of sp³-hybridized carbons (Fsp3) is 0.158. The summed E-state index contributed by atoms with van der Waals surface area (Å²) in [5, 5.41) is 5.17. The Labute approximate surface area is 153 Å². The summed E-state index contributed by atoms with van der Waals surface area (Å²) >= 11 is 1.30. The van der Waals surface area contributed by atoms with Gasteiger partial charge in [-0.05, 0) is 29.8 Å². The molecule has 0 saturated heterocycles. The van der Waals surface area contributed by atoms with E-state index >= 15 is 0 Å². The predicted molar refractivity (Wildman–Crippen MR) is 96.1 cm³/mol. The Morgan fingerprint density at radius 3 is 2.58 bits per heavy atom. The van der Waals surface area contributed by atoms with Gasteiger partial charge in [0.1, 0.15) is 28.4 Å². The van der Waals surface area contributed by atoms with E-state index in [4.69, 9.17) is 4.74 Å². The molecular formula is C19H16F2N2O2S. The van der Waals surface area contributed by atoms with E-state index in [1.165, 1.54) is 30.4 Å². The highest BCUT2D eigenvalue weighted by Crippen LogP contribution is 2.31. The highest BCUT2D eigenvalue weighted by Gasteiger charge is 2.20. The Bertz CT molecular complexity index is 923. The fourth-order valence-electron chi connectivity index (χ4n) is 2.57. The number of rotatable bonds is 5. The van der Waals surface area contributed by atoms with Gasteiger partial charge >= 0.3 is 0 Å². The van der Waals surface area contributed by atoms with E-state index in [1.54, 1.807) is 18.6 Å². The number of amides is 1. The van der Waals surface area contributed by atoms with Gasteiger partial charge in [0.25, 0.3) is 0 Å². The molecule has 0 spiro atoms. The fourth-order valence-corrected chi connectivity index (χ4v) is 3.47. The van der Waals surface area contributed by atoms with Crippen LogP contribution in [0.5, 0.6) is 5.75 Å². The molecule has 0 fully saturated rings. The summed E-state index contributed by atoms with van der Waals surface area (Å²) in [6.07, 6.45) is 0. The molecule has 1 amide bonds. The Morgan fingerprint density at radius 1 is 1.19 bits per heavy atom. The number of benzene rings is 2. The van der Waals surface area contributed by atoms with Crippen molar-refractivity contribution in [1.82, 2.24) is 10.3 Å².